The molecule has 3 atom stereocenters. The van der Waals surface area contributed by atoms with E-state index in [4.69, 9.17) is 0 Å². The van der Waals surface area contributed by atoms with E-state index in [9.17, 15) is 4.79 Å². The van der Waals surface area contributed by atoms with E-state index in [-0.39, 0.29) is 0 Å². The summed E-state index contributed by atoms with van der Waals surface area (Å²) < 4.78 is 0. The molecule has 2 heteroatoms. The van der Waals surface area contributed by atoms with Gasteiger partial charge in [0, 0.05) is 6.42 Å². The molecule has 0 bridgehead atoms. The lowest BCUT2D eigenvalue weighted by atomic mass is 9.77. The van der Waals surface area contributed by atoms with Crippen molar-refractivity contribution in [3.05, 3.63) is 0 Å². The van der Waals surface area contributed by atoms with Gasteiger partial charge in [-0.15, -0.1) is 0 Å². The molecule has 1 saturated carbocycles. The van der Waals surface area contributed by atoms with E-state index < -0.39 is 0 Å². The number of rotatable bonds is 0. The Kier molecular flexibility index (Phi) is 2.18. The third kappa shape index (κ3) is 1.40. The summed E-state index contributed by atoms with van der Waals surface area (Å²) in [5.41, 5.74) is 0. The minimum absolute atomic E-state index is 0.412. The number of hydrogen-bond acceptors (Lipinski definition) is 1. The van der Waals surface area contributed by atoms with Gasteiger partial charge < -0.3 is 5.32 Å². The Bertz CT molecular complexity index is 190. The van der Waals surface area contributed by atoms with Crippen molar-refractivity contribution in [3.8, 4) is 0 Å². The van der Waals surface area contributed by atoms with Crippen LogP contribution in [0.4, 0.5) is 0 Å². The molecule has 1 aliphatic carbocycles. The molecular formula is C10H18NO+. The molecule has 0 aromatic carbocycles. The lowest BCUT2D eigenvalue weighted by molar-refractivity contribution is -0.728. The van der Waals surface area contributed by atoms with E-state index in [1.807, 2.05) is 0 Å². The van der Waals surface area contributed by atoms with E-state index >= 15 is 0 Å². The molecule has 0 amide bonds. The Labute approximate surface area is 73.7 Å². The van der Waals surface area contributed by atoms with Crippen molar-refractivity contribution in [2.45, 2.75) is 51.1 Å². The number of carbonyl (C=O) groups is 1. The average Bonchev–Trinajstić information content (AvgIpc) is 2.04. The first kappa shape index (κ1) is 8.24. The molecule has 0 spiro atoms. The standard InChI is InChI=1S/C10H17NO/c1-7-6-10(12)8-4-2-3-5-9(8)11-7/h7-9,11H,2-6H2,1H3/p+1. The van der Waals surface area contributed by atoms with Gasteiger partial charge in [-0.1, -0.05) is 6.42 Å². The first-order valence-corrected chi connectivity index (χ1v) is 5.15. The maximum Gasteiger partial charge on any atom is 0.147 e. The fourth-order valence-corrected chi connectivity index (χ4v) is 2.75. The number of carbonyl (C=O) groups excluding carboxylic acids is 1. The molecule has 1 aliphatic heterocycles. The molecule has 2 aliphatic rings. The third-order valence-electron chi connectivity index (χ3n) is 3.33. The smallest absolute Gasteiger partial charge is 0.147 e. The van der Waals surface area contributed by atoms with E-state index in [2.05, 4.69) is 12.2 Å². The van der Waals surface area contributed by atoms with E-state index in [0.29, 0.717) is 23.8 Å². The molecule has 0 aromatic heterocycles. The van der Waals surface area contributed by atoms with Crippen molar-refractivity contribution in [3.63, 3.8) is 0 Å². The Morgan fingerprint density at radius 1 is 1.33 bits per heavy atom. The predicted octanol–water partition coefficient (Wildman–Crippen LogP) is 0.470. The molecule has 12 heavy (non-hydrogen) atoms. The molecule has 2 nitrogen and oxygen atoms in total. The first-order valence-electron chi connectivity index (χ1n) is 5.15. The summed E-state index contributed by atoms with van der Waals surface area (Å²) >= 11 is 0. The fraction of sp³-hybridized carbons (Fsp3) is 0.900. The second-order valence-electron chi connectivity index (χ2n) is 4.39. The lowest BCUT2D eigenvalue weighted by Gasteiger charge is -2.34. The zero-order valence-electron chi connectivity index (χ0n) is 7.75. The van der Waals surface area contributed by atoms with Crippen LogP contribution in [-0.2, 0) is 4.79 Å². The molecule has 3 unspecified atom stereocenters. The first-order chi connectivity index (χ1) is 5.77. The fourth-order valence-electron chi connectivity index (χ4n) is 2.75. The van der Waals surface area contributed by atoms with Gasteiger partial charge in [-0.3, -0.25) is 4.79 Å². The monoisotopic (exact) mass is 168 g/mol. The Hall–Kier alpha value is -0.370. The molecule has 2 N–H and O–H groups in total. The molecule has 68 valence electrons. The Morgan fingerprint density at radius 3 is 2.92 bits per heavy atom. The molecule has 2 fully saturated rings. The van der Waals surface area contributed by atoms with Crippen molar-refractivity contribution in [1.29, 1.82) is 0 Å². The summed E-state index contributed by atoms with van der Waals surface area (Å²) in [4.78, 5) is 11.6. The largest absolute Gasteiger partial charge is 0.341 e. The van der Waals surface area contributed by atoms with Crippen LogP contribution in [-0.4, -0.2) is 17.9 Å². The summed E-state index contributed by atoms with van der Waals surface area (Å²) in [6.45, 7) is 2.17. The Morgan fingerprint density at radius 2 is 2.08 bits per heavy atom. The second-order valence-corrected chi connectivity index (χ2v) is 4.39. The lowest BCUT2D eigenvalue weighted by Crippen LogP contribution is -2.98. The molecule has 1 heterocycles. The van der Waals surface area contributed by atoms with Crippen molar-refractivity contribution >= 4 is 5.78 Å². The van der Waals surface area contributed by atoms with Gasteiger partial charge in [0.2, 0.25) is 0 Å². The van der Waals surface area contributed by atoms with E-state index in [0.717, 1.165) is 12.8 Å². The maximum absolute atomic E-state index is 11.6. The summed E-state index contributed by atoms with van der Waals surface area (Å²) in [6, 6.07) is 1.17. The van der Waals surface area contributed by atoms with Gasteiger partial charge >= 0.3 is 0 Å². The van der Waals surface area contributed by atoms with Crippen molar-refractivity contribution in [2.24, 2.45) is 5.92 Å². The number of hydrogen-bond donors (Lipinski definition) is 1. The van der Waals surface area contributed by atoms with Crippen LogP contribution in [0.15, 0.2) is 0 Å². The summed E-state index contributed by atoms with van der Waals surface area (Å²) in [7, 11) is 0. The topological polar surface area (TPSA) is 33.7 Å². The zero-order valence-corrected chi connectivity index (χ0v) is 7.75. The highest BCUT2D eigenvalue weighted by Crippen LogP contribution is 2.26. The number of ketones is 1. The highest BCUT2D eigenvalue weighted by molar-refractivity contribution is 5.82. The molecular weight excluding hydrogens is 150 g/mol. The molecule has 1 saturated heterocycles. The number of Topliss-reactive ketones (excluding diaryl/α,β-unsaturated/α-hetero) is 1. The molecule has 0 radical (unpaired) electrons. The van der Waals surface area contributed by atoms with Crippen LogP contribution in [0.25, 0.3) is 0 Å². The average molecular weight is 168 g/mol. The van der Waals surface area contributed by atoms with Gasteiger partial charge in [-0.05, 0) is 19.8 Å². The van der Waals surface area contributed by atoms with Crippen LogP contribution in [0.5, 0.6) is 0 Å². The molecule has 2 rings (SSSR count). The van der Waals surface area contributed by atoms with Crippen molar-refractivity contribution in [1.82, 2.24) is 0 Å². The van der Waals surface area contributed by atoms with Crippen molar-refractivity contribution < 1.29 is 10.1 Å². The maximum atomic E-state index is 11.6. The minimum Gasteiger partial charge on any atom is -0.341 e. The van der Waals surface area contributed by atoms with E-state index in [1.54, 1.807) is 0 Å². The highest BCUT2D eigenvalue weighted by atomic mass is 16.1. The van der Waals surface area contributed by atoms with E-state index in [1.165, 1.54) is 19.3 Å². The van der Waals surface area contributed by atoms with Crippen molar-refractivity contribution in [2.75, 3.05) is 0 Å². The van der Waals surface area contributed by atoms with Crippen LogP contribution in [0, 0.1) is 5.92 Å². The highest BCUT2D eigenvalue weighted by Gasteiger charge is 2.39. The summed E-state index contributed by atoms with van der Waals surface area (Å²) in [5.74, 6) is 0.949. The van der Waals surface area contributed by atoms with Gasteiger partial charge in [0.05, 0.1) is 24.4 Å². The minimum atomic E-state index is 0.412. The van der Waals surface area contributed by atoms with Gasteiger partial charge in [0.25, 0.3) is 0 Å². The van der Waals surface area contributed by atoms with Crippen LogP contribution in [0.1, 0.15) is 39.0 Å². The van der Waals surface area contributed by atoms with Gasteiger partial charge in [0.1, 0.15) is 5.78 Å². The second kappa shape index (κ2) is 3.17. The molecule has 0 aromatic rings. The number of piperidine rings is 1. The SMILES string of the molecule is CC1CC(=O)C2CCCCC2[NH2+]1. The Balaban J connectivity index is 2.06. The zero-order chi connectivity index (χ0) is 8.55. The third-order valence-corrected chi connectivity index (χ3v) is 3.33. The van der Waals surface area contributed by atoms with Crippen LogP contribution < -0.4 is 5.32 Å². The van der Waals surface area contributed by atoms with Gasteiger partial charge in [0.15, 0.2) is 0 Å². The number of quaternary nitrogens is 1. The number of fused-ring (bicyclic) bond motifs is 1. The summed E-state index contributed by atoms with van der Waals surface area (Å²) in [6.07, 6.45) is 5.83. The summed E-state index contributed by atoms with van der Waals surface area (Å²) in [5, 5.41) is 2.42. The number of nitrogens with two attached hydrogens (primary N) is 1. The van der Waals surface area contributed by atoms with Crippen LogP contribution in [0.3, 0.4) is 0 Å². The van der Waals surface area contributed by atoms with Crippen LogP contribution in [0.2, 0.25) is 0 Å². The van der Waals surface area contributed by atoms with Crippen LogP contribution >= 0.6 is 0 Å². The normalized spacial score (nSPS) is 42.4. The predicted molar refractivity (Wildman–Crippen MR) is 46.8 cm³/mol. The van der Waals surface area contributed by atoms with Gasteiger partial charge in [-0.2, -0.15) is 0 Å². The van der Waals surface area contributed by atoms with Gasteiger partial charge in [-0.25, -0.2) is 0 Å². The quantitative estimate of drug-likeness (QED) is 0.560.